The molecule has 0 radical (unpaired) electrons. The lowest BCUT2D eigenvalue weighted by Crippen LogP contribution is -2.22. The van der Waals surface area contributed by atoms with Crippen molar-refractivity contribution in [2.45, 2.75) is 9.79 Å². The van der Waals surface area contributed by atoms with Crippen LogP contribution in [-0.2, 0) is 20.2 Å². The van der Waals surface area contributed by atoms with Crippen molar-refractivity contribution in [2.24, 2.45) is 0 Å². The van der Waals surface area contributed by atoms with Gasteiger partial charge in [0.15, 0.2) is 0 Å². The van der Waals surface area contributed by atoms with Gasteiger partial charge in [0.2, 0.25) is 0 Å². The van der Waals surface area contributed by atoms with Gasteiger partial charge in [-0.15, -0.1) is 0 Å². The Bertz CT molecular complexity index is 937. The van der Waals surface area contributed by atoms with Crippen molar-refractivity contribution in [3.05, 3.63) is 22.8 Å². The topological polar surface area (TPSA) is 221 Å². The molecule has 0 unspecified atom stereocenters. The first-order chi connectivity index (χ1) is 10.2. The van der Waals surface area contributed by atoms with Gasteiger partial charge in [0.1, 0.15) is 9.79 Å². The van der Waals surface area contributed by atoms with Crippen molar-refractivity contribution in [1.82, 2.24) is 0 Å². The van der Waals surface area contributed by atoms with E-state index in [1.54, 1.807) is 0 Å². The van der Waals surface area contributed by atoms with E-state index in [0.717, 1.165) is 0 Å². The first-order valence-electron chi connectivity index (χ1n) is 5.05. The molecule has 0 fully saturated rings. The predicted octanol–water partition coefficient (Wildman–Crippen LogP) is -0.725. The molecule has 0 atom stereocenters. The van der Waals surface area contributed by atoms with Gasteiger partial charge in [-0.1, -0.05) is 0 Å². The molecule has 0 heterocycles. The first kappa shape index (κ1) is 18.5. The molecule has 0 amide bonds. The van der Waals surface area contributed by atoms with Gasteiger partial charge in [-0.3, -0.25) is 9.11 Å². The highest BCUT2D eigenvalue weighted by atomic mass is 32.2. The molecule has 1 rings (SSSR count). The average Bonchev–Trinajstić information content (AvgIpc) is 2.33. The Balaban J connectivity index is 4.42. The maximum atomic E-state index is 11.3. The van der Waals surface area contributed by atoms with E-state index in [4.69, 9.17) is 24.4 Å². The number of rotatable bonds is 5. The van der Waals surface area contributed by atoms with Crippen LogP contribution in [0.4, 0.5) is 0 Å². The first-order valence-corrected chi connectivity index (χ1v) is 7.93. The maximum Gasteiger partial charge on any atom is 0.338 e. The molecule has 1 aromatic rings. The minimum Gasteiger partial charge on any atom is -0.478 e. The van der Waals surface area contributed by atoms with Gasteiger partial charge in [-0.05, 0) is 6.07 Å². The normalized spacial score (nSPS) is 11.9. The Hall–Kier alpha value is -2.55. The van der Waals surface area contributed by atoms with E-state index in [1.165, 1.54) is 0 Å². The Labute approximate surface area is 127 Å². The summed E-state index contributed by atoms with van der Waals surface area (Å²) in [6.45, 7) is 0. The summed E-state index contributed by atoms with van der Waals surface area (Å²) in [5.74, 6) is -6.69. The van der Waals surface area contributed by atoms with Crippen molar-refractivity contribution in [3.63, 3.8) is 0 Å². The highest BCUT2D eigenvalue weighted by Crippen LogP contribution is 2.31. The minimum atomic E-state index is -5.67. The SMILES string of the molecule is O=C(O)c1cc(S(=O)(=O)O)c(S(=O)(=O)O)c(C(=O)O)c1C(=O)O. The summed E-state index contributed by atoms with van der Waals surface area (Å²) in [6.07, 6.45) is 0. The number of hydrogen-bond acceptors (Lipinski definition) is 7. The molecule has 23 heavy (non-hydrogen) atoms. The summed E-state index contributed by atoms with van der Waals surface area (Å²) in [5.41, 5.74) is -4.84. The summed E-state index contributed by atoms with van der Waals surface area (Å²) in [4.78, 5) is 29.5. The van der Waals surface area contributed by atoms with E-state index in [0.29, 0.717) is 0 Å². The second-order valence-corrected chi connectivity index (χ2v) is 6.62. The molecule has 12 nitrogen and oxygen atoms in total. The highest BCUT2D eigenvalue weighted by molar-refractivity contribution is 7.89. The molecule has 0 bridgehead atoms. The number of aromatic carboxylic acids is 3. The smallest absolute Gasteiger partial charge is 0.338 e. The zero-order chi connectivity index (χ0) is 18.3. The molecule has 0 aromatic heterocycles. The van der Waals surface area contributed by atoms with Crippen molar-refractivity contribution in [3.8, 4) is 0 Å². The zero-order valence-electron chi connectivity index (χ0n) is 10.5. The fourth-order valence-electron chi connectivity index (χ4n) is 1.68. The summed E-state index contributed by atoms with van der Waals surface area (Å²) < 4.78 is 62.8. The van der Waals surface area contributed by atoms with Gasteiger partial charge in [-0.25, -0.2) is 14.4 Å². The number of benzene rings is 1. The molecule has 0 spiro atoms. The molecule has 0 aliphatic heterocycles. The van der Waals surface area contributed by atoms with Crippen molar-refractivity contribution in [2.75, 3.05) is 0 Å². The highest BCUT2D eigenvalue weighted by Gasteiger charge is 2.37. The van der Waals surface area contributed by atoms with Gasteiger partial charge in [0, 0.05) is 0 Å². The second kappa shape index (κ2) is 5.58. The molecular formula is C9H6O12S2. The predicted molar refractivity (Wildman–Crippen MR) is 66.9 cm³/mol. The molecular weight excluding hydrogens is 364 g/mol. The van der Waals surface area contributed by atoms with Gasteiger partial charge in [-0.2, -0.15) is 16.8 Å². The van der Waals surface area contributed by atoms with E-state index in [-0.39, 0.29) is 6.07 Å². The monoisotopic (exact) mass is 370 g/mol. The van der Waals surface area contributed by atoms with Crippen LogP contribution in [0.2, 0.25) is 0 Å². The summed E-state index contributed by atoms with van der Waals surface area (Å²) >= 11 is 0. The quantitative estimate of drug-likeness (QED) is 0.405. The van der Waals surface area contributed by atoms with Crippen LogP contribution in [0, 0.1) is 0 Å². The maximum absolute atomic E-state index is 11.3. The lowest BCUT2D eigenvalue weighted by molar-refractivity contribution is 0.0629. The zero-order valence-corrected chi connectivity index (χ0v) is 12.1. The third-order valence-electron chi connectivity index (χ3n) is 2.44. The van der Waals surface area contributed by atoms with Crippen molar-refractivity contribution in [1.29, 1.82) is 0 Å². The third kappa shape index (κ3) is 3.45. The van der Waals surface area contributed by atoms with Crippen LogP contribution in [0.5, 0.6) is 0 Å². The van der Waals surface area contributed by atoms with Gasteiger partial charge in [0.25, 0.3) is 20.2 Å². The van der Waals surface area contributed by atoms with Crippen LogP contribution in [0.15, 0.2) is 15.9 Å². The number of carboxylic acids is 3. The van der Waals surface area contributed by atoms with Crippen LogP contribution < -0.4 is 0 Å². The van der Waals surface area contributed by atoms with E-state index < -0.39 is 64.6 Å². The fraction of sp³-hybridized carbons (Fsp3) is 0. The Morgan fingerprint density at radius 1 is 0.739 bits per heavy atom. The van der Waals surface area contributed by atoms with Crippen LogP contribution in [-0.4, -0.2) is 59.2 Å². The molecule has 1 aromatic carbocycles. The number of carboxylic acid groups (broad SMARTS) is 3. The summed E-state index contributed by atoms with van der Waals surface area (Å²) in [5, 5.41) is 26.7. The van der Waals surface area contributed by atoms with Crippen LogP contribution in [0.25, 0.3) is 0 Å². The van der Waals surface area contributed by atoms with Gasteiger partial charge >= 0.3 is 17.9 Å². The van der Waals surface area contributed by atoms with E-state index in [1.807, 2.05) is 0 Å². The summed E-state index contributed by atoms with van der Waals surface area (Å²) in [6, 6.07) is -0.0866. The lowest BCUT2D eigenvalue weighted by atomic mass is 10.0. The molecule has 0 saturated carbocycles. The van der Waals surface area contributed by atoms with Crippen LogP contribution in [0.3, 0.4) is 0 Å². The molecule has 0 saturated heterocycles. The number of hydrogen-bond donors (Lipinski definition) is 5. The van der Waals surface area contributed by atoms with E-state index >= 15 is 0 Å². The van der Waals surface area contributed by atoms with Crippen molar-refractivity contribution < 1.29 is 55.6 Å². The fourth-order valence-corrected chi connectivity index (χ4v) is 3.68. The van der Waals surface area contributed by atoms with Gasteiger partial charge in [0.05, 0.1) is 16.7 Å². The van der Waals surface area contributed by atoms with Crippen LogP contribution in [0.1, 0.15) is 31.1 Å². The second-order valence-electron chi connectivity index (χ2n) is 3.87. The molecule has 126 valence electrons. The van der Waals surface area contributed by atoms with E-state index in [2.05, 4.69) is 0 Å². The molecule has 0 aliphatic rings. The Morgan fingerprint density at radius 2 is 1.17 bits per heavy atom. The van der Waals surface area contributed by atoms with Gasteiger partial charge < -0.3 is 15.3 Å². The third-order valence-corrected chi connectivity index (χ3v) is 4.39. The molecule has 14 heteroatoms. The standard InChI is InChI=1S/C9H6O12S2/c10-7(11)2-1-3(22(16,17)18)6(23(19,20)21)5(9(14)15)4(2)8(12)13/h1H,(H,10,11)(H,12,13)(H,14,15)(H,16,17,18)(H,19,20,21). The molecule has 0 aliphatic carbocycles. The Kier molecular flexibility index (Phi) is 4.49. The average molecular weight is 370 g/mol. The minimum absolute atomic E-state index is 0.0866. The molecule has 5 N–H and O–H groups in total. The van der Waals surface area contributed by atoms with E-state index in [9.17, 15) is 31.2 Å². The van der Waals surface area contributed by atoms with Crippen molar-refractivity contribution >= 4 is 38.1 Å². The largest absolute Gasteiger partial charge is 0.478 e. The number of carbonyl (C=O) groups is 3. The summed E-state index contributed by atoms with van der Waals surface area (Å²) in [7, 11) is -11.2. The Morgan fingerprint density at radius 3 is 1.43 bits per heavy atom. The van der Waals surface area contributed by atoms with Crippen LogP contribution >= 0.6 is 0 Å². The lowest BCUT2D eigenvalue weighted by Gasteiger charge is -2.13.